The lowest BCUT2D eigenvalue weighted by Crippen LogP contribution is -2.41. The Labute approximate surface area is 95.0 Å². The fraction of sp³-hybridized carbons (Fsp3) is 0.417. The van der Waals surface area contributed by atoms with Gasteiger partial charge in [0.25, 0.3) is 0 Å². The van der Waals surface area contributed by atoms with Gasteiger partial charge in [-0.1, -0.05) is 18.6 Å². The number of anilines is 1. The van der Waals surface area contributed by atoms with Crippen molar-refractivity contribution >= 4 is 11.7 Å². The molecule has 0 spiro atoms. The SMILES string of the molecule is NCC1(c2cccc(NC(N)=O)c2)CCC1. The molecule has 0 bridgehead atoms. The topological polar surface area (TPSA) is 81.1 Å². The standard InChI is InChI=1S/C12H17N3O/c13-8-12(5-2-6-12)9-3-1-4-10(7-9)15-11(14)16/h1,3-4,7H,2,5-6,8,13H2,(H3,14,15,16). The van der Waals surface area contributed by atoms with Gasteiger partial charge < -0.3 is 16.8 Å². The zero-order valence-electron chi connectivity index (χ0n) is 9.20. The van der Waals surface area contributed by atoms with Crippen molar-refractivity contribution in [1.29, 1.82) is 0 Å². The number of nitrogens with two attached hydrogens (primary N) is 2. The van der Waals surface area contributed by atoms with Crippen molar-refractivity contribution in [3.8, 4) is 0 Å². The van der Waals surface area contributed by atoms with Gasteiger partial charge >= 0.3 is 6.03 Å². The van der Waals surface area contributed by atoms with E-state index in [0.717, 1.165) is 18.5 Å². The molecule has 5 N–H and O–H groups in total. The smallest absolute Gasteiger partial charge is 0.316 e. The second-order valence-electron chi connectivity index (χ2n) is 4.41. The van der Waals surface area contributed by atoms with Crippen LogP contribution >= 0.6 is 0 Å². The maximum absolute atomic E-state index is 10.8. The van der Waals surface area contributed by atoms with E-state index in [4.69, 9.17) is 11.5 Å². The second-order valence-corrected chi connectivity index (χ2v) is 4.41. The molecule has 4 nitrogen and oxygen atoms in total. The Morgan fingerprint density at radius 2 is 2.19 bits per heavy atom. The molecule has 1 saturated carbocycles. The predicted molar refractivity (Wildman–Crippen MR) is 64.2 cm³/mol. The largest absolute Gasteiger partial charge is 0.351 e. The number of carbonyl (C=O) groups excluding carboxylic acids is 1. The third-order valence-electron chi connectivity index (χ3n) is 3.44. The molecule has 0 aliphatic heterocycles. The highest BCUT2D eigenvalue weighted by Gasteiger charge is 2.37. The van der Waals surface area contributed by atoms with Crippen molar-refractivity contribution in [3.63, 3.8) is 0 Å². The molecule has 1 fully saturated rings. The number of amides is 2. The molecule has 1 aliphatic carbocycles. The van der Waals surface area contributed by atoms with Gasteiger partial charge in [0.05, 0.1) is 0 Å². The quantitative estimate of drug-likeness (QED) is 0.721. The molecule has 0 radical (unpaired) electrons. The Balaban J connectivity index is 2.24. The van der Waals surface area contributed by atoms with Gasteiger partial charge in [0.15, 0.2) is 0 Å². The molecule has 16 heavy (non-hydrogen) atoms. The molecule has 0 saturated heterocycles. The van der Waals surface area contributed by atoms with E-state index in [1.807, 2.05) is 18.2 Å². The van der Waals surface area contributed by atoms with Crippen LogP contribution in [0.15, 0.2) is 24.3 Å². The normalized spacial score (nSPS) is 17.6. The van der Waals surface area contributed by atoms with E-state index >= 15 is 0 Å². The Hall–Kier alpha value is -1.55. The molecule has 1 aliphatic rings. The summed E-state index contributed by atoms with van der Waals surface area (Å²) in [5.41, 5.74) is 13.0. The van der Waals surface area contributed by atoms with E-state index in [9.17, 15) is 4.79 Å². The summed E-state index contributed by atoms with van der Waals surface area (Å²) in [7, 11) is 0. The number of rotatable bonds is 3. The summed E-state index contributed by atoms with van der Waals surface area (Å²) in [5.74, 6) is 0. The van der Waals surface area contributed by atoms with Gasteiger partial charge in [-0.05, 0) is 30.5 Å². The van der Waals surface area contributed by atoms with Crippen LogP contribution in [0.25, 0.3) is 0 Å². The lowest BCUT2D eigenvalue weighted by Gasteiger charge is -2.41. The van der Waals surface area contributed by atoms with Crippen LogP contribution in [0.2, 0.25) is 0 Å². The zero-order chi connectivity index (χ0) is 11.6. The highest BCUT2D eigenvalue weighted by atomic mass is 16.2. The van der Waals surface area contributed by atoms with Crippen molar-refractivity contribution in [2.45, 2.75) is 24.7 Å². The number of primary amides is 1. The predicted octanol–water partition coefficient (Wildman–Crippen LogP) is 1.56. The Morgan fingerprint density at radius 3 is 2.69 bits per heavy atom. The van der Waals surface area contributed by atoms with Crippen LogP contribution in [0.3, 0.4) is 0 Å². The minimum absolute atomic E-state index is 0.120. The van der Waals surface area contributed by atoms with Gasteiger partial charge in [0.2, 0.25) is 0 Å². The number of carbonyl (C=O) groups is 1. The molecule has 1 aromatic carbocycles. The van der Waals surface area contributed by atoms with Crippen LogP contribution in [-0.2, 0) is 5.41 Å². The lowest BCUT2D eigenvalue weighted by atomic mass is 9.64. The average molecular weight is 219 g/mol. The van der Waals surface area contributed by atoms with Crippen LogP contribution in [0.1, 0.15) is 24.8 Å². The molecular formula is C12H17N3O. The molecular weight excluding hydrogens is 202 g/mol. The number of nitrogens with one attached hydrogen (secondary N) is 1. The van der Waals surface area contributed by atoms with E-state index in [1.165, 1.54) is 12.0 Å². The summed E-state index contributed by atoms with van der Waals surface area (Å²) >= 11 is 0. The average Bonchev–Trinajstić information content (AvgIpc) is 2.16. The molecule has 0 heterocycles. The van der Waals surface area contributed by atoms with Crippen LogP contribution in [0.4, 0.5) is 10.5 Å². The van der Waals surface area contributed by atoms with Crippen molar-refractivity contribution in [2.75, 3.05) is 11.9 Å². The maximum atomic E-state index is 10.8. The van der Waals surface area contributed by atoms with Gasteiger partial charge in [-0.25, -0.2) is 4.79 Å². The summed E-state index contributed by atoms with van der Waals surface area (Å²) in [6, 6.07) is 7.26. The monoisotopic (exact) mass is 219 g/mol. The van der Waals surface area contributed by atoms with E-state index in [0.29, 0.717) is 6.54 Å². The lowest BCUT2D eigenvalue weighted by molar-refractivity contribution is 0.253. The first kappa shape index (κ1) is 11.0. The van der Waals surface area contributed by atoms with Crippen molar-refractivity contribution in [1.82, 2.24) is 0 Å². The van der Waals surface area contributed by atoms with E-state index < -0.39 is 6.03 Å². The third kappa shape index (κ3) is 1.88. The van der Waals surface area contributed by atoms with Crippen molar-refractivity contribution in [3.05, 3.63) is 29.8 Å². The van der Waals surface area contributed by atoms with Crippen LogP contribution in [0, 0.1) is 0 Å². The maximum Gasteiger partial charge on any atom is 0.316 e. The fourth-order valence-electron chi connectivity index (χ4n) is 2.28. The van der Waals surface area contributed by atoms with Crippen LogP contribution < -0.4 is 16.8 Å². The van der Waals surface area contributed by atoms with E-state index in [-0.39, 0.29) is 5.41 Å². The van der Waals surface area contributed by atoms with Gasteiger partial charge in [-0.2, -0.15) is 0 Å². The highest BCUT2D eigenvalue weighted by molar-refractivity contribution is 5.87. The first-order valence-electron chi connectivity index (χ1n) is 5.53. The minimum atomic E-state index is -0.535. The van der Waals surface area contributed by atoms with E-state index in [2.05, 4.69) is 11.4 Å². The zero-order valence-corrected chi connectivity index (χ0v) is 9.20. The molecule has 0 aromatic heterocycles. The molecule has 0 unspecified atom stereocenters. The first-order valence-corrected chi connectivity index (χ1v) is 5.53. The Kier molecular flexibility index (Phi) is 2.83. The minimum Gasteiger partial charge on any atom is -0.351 e. The Morgan fingerprint density at radius 1 is 1.44 bits per heavy atom. The summed E-state index contributed by atoms with van der Waals surface area (Å²) in [5, 5.41) is 2.59. The third-order valence-corrected chi connectivity index (χ3v) is 3.44. The van der Waals surface area contributed by atoms with Gasteiger partial charge in [-0.3, -0.25) is 0 Å². The summed E-state index contributed by atoms with van der Waals surface area (Å²) in [6.07, 6.45) is 3.48. The van der Waals surface area contributed by atoms with Gasteiger partial charge in [0.1, 0.15) is 0 Å². The molecule has 0 atom stereocenters. The highest BCUT2D eigenvalue weighted by Crippen LogP contribution is 2.43. The second kappa shape index (κ2) is 4.14. The summed E-state index contributed by atoms with van der Waals surface area (Å²) in [4.78, 5) is 10.8. The molecule has 2 rings (SSSR count). The molecule has 1 aromatic rings. The van der Waals surface area contributed by atoms with Crippen LogP contribution in [-0.4, -0.2) is 12.6 Å². The molecule has 4 heteroatoms. The number of hydrogen-bond acceptors (Lipinski definition) is 2. The summed E-state index contributed by atoms with van der Waals surface area (Å²) in [6.45, 7) is 0.660. The van der Waals surface area contributed by atoms with Crippen molar-refractivity contribution < 1.29 is 4.79 Å². The number of urea groups is 1. The number of hydrogen-bond donors (Lipinski definition) is 3. The van der Waals surface area contributed by atoms with E-state index in [1.54, 1.807) is 0 Å². The Bertz CT molecular complexity index is 393. The van der Waals surface area contributed by atoms with Crippen molar-refractivity contribution in [2.24, 2.45) is 11.5 Å². The molecule has 2 amide bonds. The van der Waals surface area contributed by atoms with Crippen LogP contribution in [0.5, 0.6) is 0 Å². The van der Waals surface area contributed by atoms with Gasteiger partial charge in [0, 0.05) is 17.6 Å². The molecule has 86 valence electrons. The number of benzene rings is 1. The summed E-state index contributed by atoms with van der Waals surface area (Å²) < 4.78 is 0. The fourth-order valence-corrected chi connectivity index (χ4v) is 2.28. The first-order chi connectivity index (χ1) is 7.66. The van der Waals surface area contributed by atoms with Gasteiger partial charge in [-0.15, -0.1) is 0 Å².